The average Bonchev–Trinajstić information content (AvgIpc) is 3.25. The number of sulfonamides is 1. The van der Waals surface area contributed by atoms with Gasteiger partial charge in [-0.1, -0.05) is 61.8 Å². The first-order valence-electron chi connectivity index (χ1n) is 13.7. The lowest BCUT2D eigenvalue weighted by Gasteiger charge is -2.14. The molecule has 0 saturated heterocycles. The van der Waals surface area contributed by atoms with E-state index in [1.54, 1.807) is 34.9 Å². The molecule has 0 spiro atoms. The van der Waals surface area contributed by atoms with Crippen LogP contribution in [0.2, 0.25) is 5.02 Å². The quantitative estimate of drug-likeness (QED) is 0.217. The van der Waals surface area contributed by atoms with Crippen LogP contribution in [0.3, 0.4) is 0 Å². The van der Waals surface area contributed by atoms with E-state index >= 15 is 0 Å². The van der Waals surface area contributed by atoms with E-state index < -0.39 is 31.3 Å². The van der Waals surface area contributed by atoms with E-state index in [1.807, 2.05) is 24.3 Å². The van der Waals surface area contributed by atoms with E-state index in [2.05, 4.69) is 23.6 Å². The Bertz CT molecular complexity index is 2170. The minimum atomic E-state index is -4.46. The van der Waals surface area contributed by atoms with Gasteiger partial charge in [-0.05, 0) is 65.1 Å². The number of aromatic nitrogens is 2. The Balaban J connectivity index is 1.69. The number of nitrogens with zero attached hydrogens (tertiary/aromatic N) is 1. The molecule has 0 atom stereocenters. The molecule has 2 N–H and O–H groups in total. The van der Waals surface area contributed by atoms with E-state index in [1.165, 1.54) is 30.5 Å². The monoisotopic (exact) mass is 651 g/mol. The second-order valence-corrected chi connectivity index (χ2v) is 15.2. The first kappa shape index (κ1) is 31.2. The van der Waals surface area contributed by atoms with Crippen molar-refractivity contribution in [3.63, 3.8) is 0 Å². The number of carbonyl (C=O) groups excluding carboxylic acids is 1. The van der Waals surface area contributed by atoms with Crippen molar-refractivity contribution in [2.75, 3.05) is 6.26 Å². The van der Waals surface area contributed by atoms with Crippen molar-refractivity contribution in [2.45, 2.75) is 37.0 Å². The van der Waals surface area contributed by atoms with Gasteiger partial charge in [-0.25, -0.2) is 21.6 Å². The zero-order valence-corrected chi connectivity index (χ0v) is 26.6. The summed E-state index contributed by atoms with van der Waals surface area (Å²) >= 11 is 6.38. The summed E-state index contributed by atoms with van der Waals surface area (Å²) < 4.78 is 54.5. The van der Waals surface area contributed by atoms with Gasteiger partial charge in [0.1, 0.15) is 5.69 Å². The van der Waals surface area contributed by atoms with Gasteiger partial charge in [0, 0.05) is 46.0 Å². The highest BCUT2D eigenvalue weighted by Crippen LogP contribution is 2.36. The van der Waals surface area contributed by atoms with Crippen LogP contribution in [0.4, 0.5) is 0 Å². The fraction of sp³-hybridized carbons (Fsp3) is 0.188. The first-order chi connectivity index (χ1) is 20.7. The number of carbonyl (C=O) groups is 1. The van der Waals surface area contributed by atoms with Crippen molar-refractivity contribution in [3.8, 4) is 11.1 Å². The second-order valence-electron chi connectivity index (χ2n) is 10.9. The number of halogens is 1. The molecule has 228 valence electrons. The van der Waals surface area contributed by atoms with Crippen LogP contribution in [0.25, 0.3) is 22.0 Å². The minimum Gasteiger partial charge on any atom is -0.331 e. The maximum absolute atomic E-state index is 14.1. The van der Waals surface area contributed by atoms with Crippen LogP contribution in [0, 0.1) is 0 Å². The molecule has 0 aliphatic heterocycles. The number of aromatic amines is 1. The van der Waals surface area contributed by atoms with Crippen molar-refractivity contribution in [1.82, 2.24) is 14.3 Å². The average molecular weight is 652 g/mol. The molecule has 0 saturated carbocycles. The Morgan fingerprint density at radius 1 is 0.932 bits per heavy atom. The number of amides is 1. The van der Waals surface area contributed by atoms with E-state index in [0.717, 1.165) is 17.4 Å². The normalized spacial score (nSPS) is 12.1. The minimum absolute atomic E-state index is 0.0530. The molecule has 44 heavy (non-hydrogen) atoms. The van der Waals surface area contributed by atoms with Crippen LogP contribution in [-0.2, 0) is 32.2 Å². The van der Waals surface area contributed by atoms with Crippen LogP contribution < -0.4 is 10.3 Å². The van der Waals surface area contributed by atoms with Crippen LogP contribution >= 0.6 is 11.6 Å². The summed E-state index contributed by atoms with van der Waals surface area (Å²) in [5.41, 5.74) is 2.66. The van der Waals surface area contributed by atoms with E-state index in [4.69, 9.17) is 11.6 Å². The summed E-state index contributed by atoms with van der Waals surface area (Å²) in [5, 5.41) is 0.859. The molecule has 3 aromatic carbocycles. The Morgan fingerprint density at radius 2 is 1.66 bits per heavy atom. The highest BCUT2D eigenvalue weighted by molar-refractivity contribution is 7.90. The number of nitrogens with one attached hydrogen (secondary N) is 2. The fourth-order valence-corrected chi connectivity index (χ4v) is 7.12. The maximum Gasteiger partial charge on any atom is 0.282 e. The van der Waals surface area contributed by atoms with Gasteiger partial charge in [-0.3, -0.25) is 9.59 Å². The molecular formula is C32H30ClN3O6S2. The fourth-order valence-electron chi connectivity index (χ4n) is 5.14. The van der Waals surface area contributed by atoms with Gasteiger partial charge < -0.3 is 9.55 Å². The van der Waals surface area contributed by atoms with Gasteiger partial charge in [-0.15, -0.1) is 0 Å². The Labute approximate surface area is 260 Å². The molecule has 0 fully saturated rings. The SMILES string of the molecule is CC(C)c1ccc(Cn2c(C(=O)NS(=O)(=O)c3cccc(CS(C)(=O)=O)c3)c(-c3ccc[nH]c3=O)c3cc(Cl)ccc32)cc1. The van der Waals surface area contributed by atoms with Crippen LogP contribution in [0.5, 0.6) is 0 Å². The summed E-state index contributed by atoms with van der Waals surface area (Å²) in [4.78, 5) is 29.5. The van der Waals surface area contributed by atoms with Crippen molar-refractivity contribution in [3.05, 3.63) is 123 Å². The van der Waals surface area contributed by atoms with Crippen LogP contribution in [-0.4, -0.2) is 38.5 Å². The third-order valence-electron chi connectivity index (χ3n) is 7.18. The zero-order valence-electron chi connectivity index (χ0n) is 24.2. The van der Waals surface area contributed by atoms with Crippen LogP contribution in [0.1, 0.15) is 46.9 Å². The molecule has 12 heteroatoms. The molecule has 1 amide bonds. The summed E-state index contributed by atoms with van der Waals surface area (Å²) in [6.45, 7) is 4.36. The van der Waals surface area contributed by atoms with Crippen molar-refractivity contribution < 1.29 is 21.6 Å². The third-order valence-corrected chi connectivity index (χ3v) is 9.60. The molecule has 0 radical (unpaired) electrons. The number of pyridine rings is 1. The first-order valence-corrected chi connectivity index (χ1v) is 17.6. The Hall–Kier alpha value is -4.19. The highest BCUT2D eigenvalue weighted by Gasteiger charge is 2.29. The lowest BCUT2D eigenvalue weighted by Crippen LogP contribution is -2.33. The molecular weight excluding hydrogens is 622 g/mol. The van der Waals surface area contributed by atoms with Gasteiger partial charge in [0.2, 0.25) is 0 Å². The van der Waals surface area contributed by atoms with Gasteiger partial charge in [0.15, 0.2) is 9.84 Å². The zero-order chi connectivity index (χ0) is 31.8. The topological polar surface area (TPSA) is 135 Å². The second kappa shape index (κ2) is 12.1. The molecule has 2 aromatic heterocycles. The number of hydrogen-bond acceptors (Lipinski definition) is 6. The summed E-state index contributed by atoms with van der Waals surface area (Å²) in [5.74, 6) is -1.02. The van der Waals surface area contributed by atoms with Gasteiger partial charge in [0.25, 0.3) is 21.5 Å². The summed E-state index contributed by atoms with van der Waals surface area (Å²) in [6, 6.07) is 21.5. The predicted octanol–water partition coefficient (Wildman–Crippen LogP) is 5.49. The molecule has 0 aliphatic carbocycles. The van der Waals surface area contributed by atoms with Gasteiger partial charge in [-0.2, -0.15) is 0 Å². The summed E-state index contributed by atoms with van der Waals surface area (Å²) in [6.07, 6.45) is 2.51. The van der Waals surface area contributed by atoms with E-state index in [0.29, 0.717) is 21.8 Å². The molecule has 0 bridgehead atoms. The molecule has 0 unspecified atom stereocenters. The van der Waals surface area contributed by atoms with Crippen molar-refractivity contribution in [1.29, 1.82) is 0 Å². The van der Waals surface area contributed by atoms with Gasteiger partial charge in [0.05, 0.1) is 10.6 Å². The molecule has 5 rings (SSSR count). The Kier molecular flexibility index (Phi) is 8.57. The van der Waals surface area contributed by atoms with Gasteiger partial charge >= 0.3 is 0 Å². The van der Waals surface area contributed by atoms with E-state index in [-0.39, 0.29) is 39.6 Å². The number of benzene rings is 3. The molecule has 9 nitrogen and oxygen atoms in total. The Morgan fingerprint density at radius 3 is 2.32 bits per heavy atom. The number of sulfone groups is 1. The largest absolute Gasteiger partial charge is 0.331 e. The summed E-state index contributed by atoms with van der Waals surface area (Å²) in [7, 11) is -7.90. The smallest absolute Gasteiger partial charge is 0.282 e. The lowest BCUT2D eigenvalue weighted by molar-refractivity contribution is 0.0974. The maximum atomic E-state index is 14.1. The third kappa shape index (κ3) is 6.64. The molecule has 2 heterocycles. The lowest BCUT2D eigenvalue weighted by atomic mass is 10.0. The molecule has 5 aromatic rings. The number of H-pyrrole nitrogens is 1. The number of hydrogen-bond donors (Lipinski definition) is 2. The van der Waals surface area contributed by atoms with E-state index in [9.17, 15) is 26.4 Å². The highest BCUT2D eigenvalue weighted by atomic mass is 35.5. The van der Waals surface area contributed by atoms with Crippen molar-refractivity contribution >= 4 is 48.3 Å². The van der Waals surface area contributed by atoms with Crippen LogP contribution in [0.15, 0.2) is 94.7 Å². The molecule has 0 aliphatic rings. The predicted molar refractivity (Wildman–Crippen MR) is 172 cm³/mol. The number of rotatable bonds is 9. The standard InChI is InChI=1S/C32H30ClN3O6S2/c1-20(2)23-11-9-21(10-12-23)18-36-28-14-13-24(33)17-27(28)29(26-8-5-15-34-31(26)37)30(36)32(38)35-44(41,42)25-7-4-6-22(16-25)19-43(3,39)40/h4-17,20H,18-19H2,1-3H3,(H,34,37)(H,35,38). The van der Waals surface area contributed by atoms with Crippen molar-refractivity contribution in [2.24, 2.45) is 0 Å². The number of fused-ring (bicyclic) bond motifs is 1.